The molecule has 1 aliphatic heterocycles. The lowest BCUT2D eigenvalue weighted by molar-refractivity contribution is 0.240. The molecule has 7 nitrogen and oxygen atoms in total. The summed E-state index contributed by atoms with van der Waals surface area (Å²) in [6, 6.07) is 8.45. The molecule has 0 radical (unpaired) electrons. The van der Waals surface area contributed by atoms with Gasteiger partial charge in [0.15, 0.2) is 11.5 Å². The predicted molar refractivity (Wildman–Crippen MR) is 107 cm³/mol. The van der Waals surface area contributed by atoms with Crippen LogP contribution in [0.3, 0.4) is 0 Å². The standard InChI is InChI=1S/C20H24ClN3O4/c21-16-12-15(13-17-19(16)28-11-5-10-27-17)14-23-20(26)22-7-2-4-9-24-8-3-1-6-18(24)25/h1,3,6,8,12-13H,2,4-5,7,9-11,14H2,(H2,22,23,26). The molecule has 150 valence electrons. The van der Waals surface area contributed by atoms with Gasteiger partial charge in [0.25, 0.3) is 0 Å². The van der Waals surface area contributed by atoms with E-state index < -0.39 is 0 Å². The molecule has 0 aliphatic carbocycles. The van der Waals surface area contributed by atoms with Crippen molar-refractivity contribution in [1.29, 1.82) is 0 Å². The third kappa shape index (κ3) is 5.66. The lowest BCUT2D eigenvalue weighted by atomic mass is 10.2. The Labute approximate surface area is 168 Å². The molecule has 3 rings (SSSR count). The number of rotatable bonds is 7. The van der Waals surface area contributed by atoms with Gasteiger partial charge in [-0.1, -0.05) is 17.7 Å². The molecule has 0 unspecified atom stereocenters. The van der Waals surface area contributed by atoms with Crippen LogP contribution in [-0.2, 0) is 13.1 Å². The molecule has 1 aliphatic rings. The molecule has 8 heteroatoms. The number of urea groups is 1. The Kier molecular flexibility index (Phi) is 7.19. The number of carbonyl (C=O) groups is 1. The number of carbonyl (C=O) groups excluding carboxylic acids is 1. The van der Waals surface area contributed by atoms with Crippen LogP contribution in [0, 0.1) is 0 Å². The second-order valence-corrected chi connectivity index (χ2v) is 6.91. The van der Waals surface area contributed by atoms with Crippen LogP contribution in [0.1, 0.15) is 24.8 Å². The molecule has 2 N–H and O–H groups in total. The number of aromatic nitrogens is 1. The SMILES string of the molecule is O=C(NCCCCn1ccccc1=O)NCc1cc(Cl)c2c(c1)OCCCO2. The second-order valence-electron chi connectivity index (χ2n) is 6.50. The van der Waals surface area contributed by atoms with Crippen LogP contribution in [0.25, 0.3) is 0 Å². The Balaban J connectivity index is 1.39. The van der Waals surface area contributed by atoms with E-state index in [0.29, 0.717) is 49.4 Å². The number of hydrogen-bond acceptors (Lipinski definition) is 4. The molecule has 2 aromatic rings. The number of fused-ring (bicyclic) bond motifs is 1. The summed E-state index contributed by atoms with van der Waals surface area (Å²) in [4.78, 5) is 23.6. The lowest BCUT2D eigenvalue weighted by Gasteiger charge is -2.12. The van der Waals surface area contributed by atoms with Gasteiger partial charge in [-0.2, -0.15) is 0 Å². The Morgan fingerprint density at radius 1 is 1.14 bits per heavy atom. The number of halogens is 1. The maximum absolute atomic E-state index is 12.0. The third-order valence-corrected chi connectivity index (χ3v) is 4.61. The maximum Gasteiger partial charge on any atom is 0.315 e. The van der Waals surface area contributed by atoms with Gasteiger partial charge in [0.1, 0.15) is 0 Å². The van der Waals surface area contributed by atoms with Gasteiger partial charge < -0.3 is 24.7 Å². The largest absolute Gasteiger partial charge is 0.489 e. The molecule has 2 heterocycles. The number of pyridine rings is 1. The summed E-state index contributed by atoms with van der Waals surface area (Å²) in [5.74, 6) is 1.17. The van der Waals surface area contributed by atoms with E-state index in [-0.39, 0.29) is 11.6 Å². The maximum atomic E-state index is 12.0. The molecule has 0 atom stereocenters. The molecular formula is C20H24ClN3O4. The highest BCUT2D eigenvalue weighted by Crippen LogP contribution is 2.37. The van der Waals surface area contributed by atoms with Crippen molar-refractivity contribution in [3.63, 3.8) is 0 Å². The fraction of sp³-hybridized carbons (Fsp3) is 0.400. The number of amides is 2. The van der Waals surface area contributed by atoms with E-state index in [1.165, 1.54) is 6.07 Å². The van der Waals surface area contributed by atoms with Crippen molar-refractivity contribution in [2.75, 3.05) is 19.8 Å². The third-order valence-electron chi connectivity index (χ3n) is 4.33. The zero-order valence-electron chi connectivity index (χ0n) is 15.6. The lowest BCUT2D eigenvalue weighted by Crippen LogP contribution is -2.35. The van der Waals surface area contributed by atoms with E-state index in [2.05, 4.69) is 10.6 Å². The van der Waals surface area contributed by atoms with Gasteiger partial charge in [0.05, 0.1) is 18.2 Å². The molecule has 0 saturated heterocycles. The molecule has 0 saturated carbocycles. The van der Waals surface area contributed by atoms with Gasteiger partial charge in [-0.3, -0.25) is 4.79 Å². The minimum atomic E-state index is -0.250. The minimum Gasteiger partial charge on any atom is -0.489 e. The smallest absolute Gasteiger partial charge is 0.315 e. The van der Waals surface area contributed by atoms with Gasteiger partial charge >= 0.3 is 6.03 Å². The van der Waals surface area contributed by atoms with E-state index >= 15 is 0 Å². The molecule has 2 amide bonds. The second kappa shape index (κ2) is 10.0. The van der Waals surface area contributed by atoms with Crippen LogP contribution in [0.15, 0.2) is 41.3 Å². The summed E-state index contributed by atoms with van der Waals surface area (Å²) in [6.07, 6.45) is 4.16. The number of nitrogens with one attached hydrogen (secondary N) is 2. The van der Waals surface area contributed by atoms with Gasteiger partial charge in [-0.15, -0.1) is 0 Å². The van der Waals surface area contributed by atoms with Crippen LogP contribution in [0.2, 0.25) is 5.02 Å². The zero-order valence-corrected chi connectivity index (χ0v) is 16.3. The van der Waals surface area contributed by atoms with E-state index in [0.717, 1.165) is 24.8 Å². The Morgan fingerprint density at radius 3 is 2.86 bits per heavy atom. The van der Waals surface area contributed by atoms with Crippen molar-refractivity contribution in [3.05, 3.63) is 57.5 Å². The van der Waals surface area contributed by atoms with E-state index in [1.807, 2.05) is 12.1 Å². The molecule has 1 aromatic heterocycles. The van der Waals surface area contributed by atoms with Crippen molar-refractivity contribution < 1.29 is 14.3 Å². The predicted octanol–water partition coefficient (Wildman–Crippen LogP) is 2.94. The van der Waals surface area contributed by atoms with Crippen molar-refractivity contribution in [2.24, 2.45) is 0 Å². The molecule has 0 bridgehead atoms. The van der Waals surface area contributed by atoms with E-state index in [1.54, 1.807) is 22.9 Å². The number of nitrogens with zero attached hydrogens (tertiary/aromatic N) is 1. The van der Waals surface area contributed by atoms with Crippen molar-refractivity contribution in [2.45, 2.75) is 32.4 Å². The first-order chi connectivity index (χ1) is 13.6. The van der Waals surface area contributed by atoms with Crippen LogP contribution in [0.5, 0.6) is 11.5 Å². The molecule has 0 spiro atoms. The van der Waals surface area contributed by atoms with Gasteiger partial charge in [0, 0.05) is 38.3 Å². The average Bonchev–Trinajstić information content (AvgIpc) is 2.93. The summed E-state index contributed by atoms with van der Waals surface area (Å²) in [5, 5.41) is 6.10. The Hall–Kier alpha value is -2.67. The first kappa shape index (κ1) is 20.1. The Morgan fingerprint density at radius 2 is 2.00 bits per heavy atom. The van der Waals surface area contributed by atoms with Crippen LogP contribution < -0.4 is 25.7 Å². The fourth-order valence-corrected chi connectivity index (χ4v) is 3.17. The summed E-state index contributed by atoms with van der Waals surface area (Å²) >= 11 is 6.26. The molecular weight excluding hydrogens is 382 g/mol. The van der Waals surface area contributed by atoms with Gasteiger partial charge in [-0.25, -0.2) is 4.79 Å². The quantitative estimate of drug-likeness (QED) is 0.694. The number of benzene rings is 1. The highest BCUT2D eigenvalue weighted by Gasteiger charge is 2.15. The normalized spacial score (nSPS) is 12.9. The first-order valence-corrected chi connectivity index (χ1v) is 9.76. The summed E-state index contributed by atoms with van der Waals surface area (Å²) in [6.45, 7) is 2.66. The van der Waals surface area contributed by atoms with Crippen molar-refractivity contribution in [3.8, 4) is 11.5 Å². The first-order valence-electron chi connectivity index (χ1n) is 9.38. The summed E-state index contributed by atoms with van der Waals surface area (Å²) in [7, 11) is 0. The molecule has 1 aromatic carbocycles. The number of aryl methyl sites for hydroxylation is 1. The highest BCUT2D eigenvalue weighted by atomic mass is 35.5. The monoisotopic (exact) mass is 405 g/mol. The van der Waals surface area contributed by atoms with Crippen LogP contribution in [-0.4, -0.2) is 30.4 Å². The van der Waals surface area contributed by atoms with Crippen LogP contribution in [0.4, 0.5) is 4.79 Å². The van der Waals surface area contributed by atoms with Crippen molar-refractivity contribution in [1.82, 2.24) is 15.2 Å². The number of unbranched alkanes of at least 4 members (excludes halogenated alkanes) is 1. The van der Waals surface area contributed by atoms with Gasteiger partial charge in [0.2, 0.25) is 5.56 Å². The number of hydrogen-bond donors (Lipinski definition) is 2. The summed E-state index contributed by atoms with van der Waals surface area (Å²) < 4.78 is 12.9. The van der Waals surface area contributed by atoms with E-state index in [4.69, 9.17) is 21.1 Å². The minimum absolute atomic E-state index is 0.0120. The van der Waals surface area contributed by atoms with Gasteiger partial charge in [-0.05, 0) is 36.6 Å². The summed E-state index contributed by atoms with van der Waals surface area (Å²) in [5.41, 5.74) is 0.829. The molecule has 0 fully saturated rings. The average molecular weight is 406 g/mol. The number of ether oxygens (including phenoxy) is 2. The molecule has 28 heavy (non-hydrogen) atoms. The Bertz CT molecular complexity index is 869. The zero-order chi connectivity index (χ0) is 19.8. The highest BCUT2D eigenvalue weighted by molar-refractivity contribution is 6.32. The van der Waals surface area contributed by atoms with Crippen LogP contribution >= 0.6 is 11.6 Å². The van der Waals surface area contributed by atoms with Crippen molar-refractivity contribution >= 4 is 17.6 Å². The fourth-order valence-electron chi connectivity index (χ4n) is 2.89. The topological polar surface area (TPSA) is 81.6 Å². The van der Waals surface area contributed by atoms with E-state index in [9.17, 15) is 9.59 Å².